The van der Waals surface area contributed by atoms with Gasteiger partial charge in [-0.3, -0.25) is 19.3 Å². The van der Waals surface area contributed by atoms with Gasteiger partial charge in [0.05, 0.1) is 24.8 Å². The standard InChI is InChI=1S/C20H18FNO5/c1-3-16-20(25)22(19(24)13-6-4-5-7-18(13)27-16)11-15(23)14-10-12(21)8-9-17(14)26-2/h4-10,16H,3,11H2,1-2H3/t16-/m1/s1. The van der Waals surface area contributed by atoms with E-state index in [4.69, 9.17) is 9.47 Å². The summed E-state index contributed by atoms with van der Waals surface area (Å²) < 4.78 is 24.3. The molecule has 6 nitrogen and oxygen atoms in total. The van der Waals surface area contributed by atoms with E-state index in [0.29, 0.717) is 12.2 Å². The molecule has 0 aliphatic carbocycles. The number of hydrogen-bond acceptors (Lipinski definition) is 5. The van der Waals surface area contributed by atoms with Crippen LogP contribution in [0, 0.1) is 5.82 Å². The molecule has 2 aromatic carbocycles. The summed E-state index contributed by atoms with van der Waals surface area (Å²) in [6, 6.07) is 9.98. The second kappa shape index (κ2) is 7.57. The number of nitrogens with zero attached hydrogens (tertiary/aromatic N) is 1. The molecule has 2 amide bonds. The topological polar surface area (TPSA) is 72.9 Å². The number of carbonyl (C=O) groups excluding carboxylic acids is 3. The summed E-state index contributed by atoms with van der Waals surface area (Å²) in [5, 5.41) is 0. The number of hydrogen-bond donors (Lipinski definition) is 0. The van der Waals surface area contributed by atoms with Gasteiger partial charge in [0, 0.05) is 0 Å². The van der Waals surface area contributed by atoms with Gasteiger partial charge in [0.2, 0.25) is 0 Å². The summed E-state index contributed by atoms with van der Waals surface area (Å²) in [5.41, 5.74) is 0.158. The first-order chi connectivity index (χ1) is 13.0. The van der Waals surface area contributed by atoms with Crippen LogP contribution >= 0.6 is 0 Å². The molecule has 0 unspecified atom stereocenters. The summed E-state index contributed by atoms with van der Waals surface area (Å²) in [5.74, 6) is -2.01. The van der Waals surface area contributed by atoms with Crippen LogP contribution in [0.4, 0.5) is 4.39 Å². The Bertz CT molecular complexity index is 911. The van der Waals surface area contributed by atoms with Gasteiger partial charge in [-0.2, -0.15) is 0 Å². The van der Waals surface area contributed by atoms with Crippen molar-refractivity contribution in [2.75, 3.05) is 13.7 Å². The molecule has 1 aliphatic heterocycles. The van der Waals surface area contributed by atoms with Crippen molar-refractivity contribution in [3.05, 3.63) is 59.4 Å². The Labute approximate surface area is 155 Å². The van der Waals surface area contributed by atoms with Crippen molar-refractivity contribution < 1.29 is 28.2 Å². The van der Waals surface area contributed by atoms with Crippen LogP contribution in [-0.4, -0.2) is 42.3 Å². The Hall–Kier alpha value is -3.22. The minimum Gasteiger partial charge on any atom is -0.496 e. The largest absolute Gasteiger partial charge is 0.496 e. The number of fused-ring (bicyclic) bond motifs is 1. The molecule has 0 radical (unpaired) electrons. The number of halogens is 1. The number of amides is 2. The van der Waals surface area contributed by atoms with Gasteiger partial charge in [-0.15, -0.1) is 0 Å². The molecular weight excluding hydrogens is 353 g/mol. The second-order valence-electron chi connectivity index (χ2n) is 6.01. The predicted octanol–water partition coefficient (Wildman–Crippen LogP) is 2.86. The van der Waals surface area contributed by atoms with E-state index in [1.807, 2.05) is 0 Å². The van der Waals surface area contributed by atoms with Gasteiger partial charge in [-0.25, -0.2) is 4.39 Å². The molecule has 3 rings (SSSR count). The molecule has 0 N–H and O–H groups in total. The number of carbonyl (C=O) groups is 3. The number of ketones is 1. The van der Waals surface area contributed by atoms with Crippen molar-refractivity contribution in [2.24, 2.45) is 0 Å². The van der Waals surface area contributed by atoms with E-state index in [-0.39, 0.29) is 16.9 Å². The normalized spacial score (nSPS) is 16.4. The van der Waals surface area contributed by atoms with Crippen molar-refractivity contribution in [2.45, 2.75) is 19.4 Å². The SMILES string of the molecule is CC[C@H]1Oc2ccccc2C(=O)N(CC(=O)c2cc(F)ccc2OC)C1=O. The number of methoxy groups -OCH3 is 1. The fourth-order valence-electron chi connectivity index (χ4n) is 2.90. The molecule has 0 aromatic heterocycles. The molecule has 0 spiro atoms. The van der Waals surface area contributed by atoms with E-state index in [1.54, 1.807) is 25.1 Å². The maximum absolute atomic E-state index is 13.6. The quantitative estimate of drug-likeness (QED) is 0.597. The zero-order valence-electron chi connectivity index (χ0n) is 14.9. The van der Waals surface area contributed by atoms with Crippen LogP contribution in [0.3, 0.4) is 0 Å². The van der Waals surface area contributed by atoms with Crippen molar-refractivity contribution in [1.29, 1.82) is 0 Å². The average molecular weight is 371 g/mol. The lowest BCUT2D eigenvalue weighted by Crippen LogP contribution is -2.45. The van der Waals surface area contributed by atoms with Gasteiger partial charge in [-0.05, 0) is 36.8 Å². The molecule has 0 fully saturated rings. The summed E-state index contributed by atoms with van der Waals surface area (Å²) in [4.78, 5) is 39.2. The average Bonchev–Trinajstić information content (AvgIpc) is 2.78. The Morgan fingerprint density at radius 1 is 1.22 bits per heavy atom. The molecule has 27 heavy (non-hydrogen) atoms. The van der Waals surface area contributed by atoms with E-state index in [9.17, 15) is 18.8 Å². The number of para-hydroxylation sites is 1. The van der Waals surface area contributed by atoms with E-state index in [2.05, 4.69) is 0 Å². The van der Waals surface area contributed by atoms with Gasteiger partial charge >= 0.3 is 0 Å². The van der Waals surface area contributed by atoms with E-state index in [0.717, 1.165) is 17.0 Å². The van der Waals surface area contributed by atoms with Gasteiger partial charge < -0.3 is 9.47 Å². The van der Waals surface area contributed by atoms with Crippen molar-refractivity contribution >= 4 is 17.6 Å². The highest BCUT2D eigenvalue weighted by Gasteiger charge is 2.37. The Kier molecular flexibility index (Phi) is 5.21. The third-order valence-electron chi connectivity index (χ3n) is 4.31. The smallest absolute Gasteiger partial charge is 0.270 e. The minimum atomic E-state index is -0.889. The predicted molar refractivity (Wildman–Crippen MR) is 94.5 cm³/mol. The van der Waals surface area contributed by atoms with Crippen LogP contribution < -0.4 is 9.47 Å². The van der Waals surface area contributed by atoms with Crippen LogP contribution in [0.1, 0.15) is 34.1 Å². The molecular formula is C20H18FNO5. The number of ether oxygens (including phenoxy) is 2. The Balaban J connectivity index is 1.97. The third kappa shape index (κ3) is 3.53. The highest BCUT2D eigenvalue weighted by atomic mass is 19.1. The van der Waals surface area contributed by atoms with Crippen LogP contribution in [0.15, 0.2) is 42.5 Å². The number of rotatable bonds is 5. The molecule has 0 bridgehead atoms. The van der Waals surface area contributed by atoms with Crippen LogP contribution in [0.2, 0.25) is 0 Å². The maximum Gasteiger partial charge on any atom is 0.270 e. The van der Waals surface area contributed by atoms with Crippen molar-refractivity contribution in [3.8, 4) is 11.5 Å². The van der Waals surface area contributed by atoms with Crippen molar-refractivity contribution in [1.82, 2.24) is 4.90 Å². The zero-order valence-corrected chi connectivity index (χ0v) is 14.9. The van der Waals surface area contributed by atoms with Crippen LogP contribution in [-0.2, 0) is 4.79 Å². The summed E-state index contributed by atoms with van der Waals surface area (Å²) in [6.45, 7) is 1.21. The maximum atomic E-state index is 13.6. The van der Waals surface area contributed by atoms with Gasteiger partial charge in [-0.1, -0.05) is 19.1 Å². The minimum absolute atomic E-state index is 0.0374. The highest BCUT2D eigenvalue weighted by Crippen LogP contribution is 2.27. The fraction of sp³-hybridized carbons (Fsp3) is 0.250. The molecule has 0 saturated carbocycles. The first-order valence-corrected chi connectivity index (χ1v) is 8.44. The molecule has 140 valence electrons. The molecule has 2 aromatic rings. The van der Waals surface area contributed by atoms with Crippen LogP contribution in [0.5, 0.6) is 11.5 Å². The highest BCUT2D eigenvalue weighted by molar-refractivity contribution is 6.12. The van der Waals surface area contributed by atoms with Crippen LogP contribution in [0.25, 0.3) is 0 Å². The second-order valence-corrected chi connectivity index (χ2v) is 6.01. The lowest BCUT2D eigenvalue weighted by Gasteiger charge is -2.21. The first kappa shape index (κ1) is 18.6. The molecule has 1 heterocycles. The number of benzene rings is 2. The van der Waals surface area contributed by atoms with E-state index < -0.39 is 36.1 Å². The molecule has 7 heteroatoms. The molecule has 1 atom stereocenters. The summed E-state index contributed by atoms with van der Waals surface area (Å²) in [6.07, 6.45) is -0.561. The van der Waals surface area contributed by atoms with Gasteiger partial charge in [0.25, 0.3) is 11.8 Å². The zero-order chi connectivity index (χ0) is 19.6. The van der Waals surface area contributed by atoms with E-state index >= 15 is 0 Å². The summed E-state index contributed by atoms with van der Waals surface area (Å²) in [7, 11) is 1.35. The van der Waals surface area contributed by atoms with Gasteiger partial charge in [0.15, 0.2) is 11.9 Å². The Morgan fingerprint density at radius 3 is 2.67 bits per heavy atom. The Morgan fingerprint density at radius 2 is 1.96 bits per heavy atom. The van der Waals surface area contributed by atoms with Crippen molar-refractivity contribution in [3.63, 3.8) is 0 Å². The number of Topliss-reactive ketones (excluding diaryl/α,β-unsaturated/α-hetero) is 1. The van der Waals surface area contributed by atoms with Gasteiger partial charge in [0.1, 0.15) is 17.3 Å². The molecule has 0 saturated heterocycles. The lowest BCUT2D eigenvalue weighted by atomic mass is 10.1. The monoisotopic (exact) mass is 371 g/mol. The third-order valence-corrected chi connectivity index (χ3v) is 4.31. The van der Waals surface area contributed by atoms with E-state index in [1.165, 1.54) is 19.2 Å². The molecule has 1 aliphatic rings. The summed E-state index contributed by atoms with van der Waals surface area (Å²) >= 11 is 0. The number of imide groups is 1. The fourth-order valence-corrected chi connectivity index (χ4v) is 2.90. The lowest BCUT2D eigenvalue weighted by molar-refractivity contribution is -0.135. The first-order valence-electron chi connectivity index (χ1n) is 8.44.